The molecular formula is C27H40FO8P. The SMILES string of the molecule is CCOP(=O)(CO[C@H]1C[C@@]2(C)[C@@H](C[C@@H](C)[C@]2(O)C(=O)CO)[C@@H]2CC=C3CC(=O)C=C[C@]3(C)[C@@]12F)OCC. The molecule has 0 bridgehead atoms. The van der Waals surface area contributed by atoms with Crippen molar-refractivity contribution in [3.63, 3.8) is 0 Å². The molecule has 37 heavy (non-hydrogen) atoms. The van der Waals surface area contributed by atoms with E-state index in [1.807, 2.05) is 6.08 Å². The van der Waals surface area contributed by atoms with Gasteiger partial charge in [0.1, 0.15) is 18.6 Å². The minimum Gasteiger partial charge on any atom is -0.388 e. The number of carbonyl (C=O) groups is 2. The van der Waals surface area contributed by atoms with E-state index in [9.17, 15) is 24.4 Å². The molecule has 208 valence electrons. The first-order valence-electron chi connectivity index (χ1n) is 13.2. The van der Waals surface area contributed by atoms with Gasteiger partial charge in [0, 0.05) is 23.2 Å². The van der Waals surface area contributed by atoms with Crippen LogP contribution in [0.15, 0.2) is 23.8 Å². The Morgan fingerprint density at radius 2 is 1.86 bits per heavy atom. The number of fused-ring (bicyclic) bond motifs is 5. The number of carbonyl (C=O) groups excluding carboxylic acids is 2. The summed E-state index contributed by atoms with van der Waals surface area (Å²) in [5.41, 5.74) is -5.48. The molecule has 4 rings (SSSR count). The Morgan fingerprint density at radius 1 is 1.22 bits per heavy atom. The first kappa shape index (κ1) is 28.8. The van der Waals surface area contributed by atoms with Crippen molar-refractivity contribution >= 4 is 19.2 Å². The molecule has 0 amide bonds. The number of Topliss-reactive ketones (excluding diaryl/α,β-unsaturated/α-hetero) is 1. The maximum atomic E-state index is 18.0. The number of aliphatic hydroxyl groups is 2. The van der Waals surface area contributed by atoms with Gasteiger partial charge in [0.2, 0.25) is 0 Å². The lowest BCUT2D eigenvalue weighted by Gasteiger charge is -2.62. The van der Waals surface area contributed by atoms with Crippen LogP contribution in [0.2, 0.25) is 0 Å². The summed E-state index contributed by atoms with van der Waals surface area (Å²) in [6.07, 6.45) is 4.06. The second kappa shape index (κ2) is 9.76. The molecule has 4 aliphatic rings. The molecular weight excluding hydrogens is 502 g/mol. The third kappa shape index (κ3) is 3.99. The lowest BCUT2D eigenvalue weighted by Crippen LogP contribution is -2.69. The molecule has 0 spiro atoms. The zero-order valence-electron chi connectivity index (χ0n) is 22.4. The number of ether oxygens (including phenoxy) is 1. The number of halogens is 1. The van der Waals surface area contributed by atoms with Crippen LogP contribution in [0, 0.1) is 28.6 Å². The van der Waals surface area contributed by atoms with Gasteiger partial charge in [-0.15, -0.1) is 0 Å². The number of hydrogen-bond acceptors (Lipinski definition) is 8. The van der Waals surface area contributed by atoms with Crippen LogP contribution in [-0.4, -0.2) is 65.3 Å². The lowest BCUT2D eigenvalue weighted by molar-refractivity contribution is -0.224. The van der Waals surface area contributed by atoms with Crippen molar-refractivity contribution < 1.29 is 42.5 Å². The third-order valence-corrected chi connectivity index (χ3v) is 11.6. The molecule has 0 unspecified atom stereocenters. The van der Waals surface area contributed by atoms with Crippen LogP contribution in [0.5, 0.6) is 0 Å². The summed E-state index contributed by atoms with van der Waals surface area (Å²) in [7, 11) is -3.70. The highest BCUT2D eigenvalue weighted by atomic mass is 31.2. The molecule has 2 saturated carbocycles. The smallest absolute Gasteiger partial charge is 0.356 e. The highest BCUT2D eigenvalue weighted by molar-refractivity contribution is 7.53. The number of hydrogen-bond donors (Lipinski definition) is 2. The quantitative estimate of drug-likeness (QED) is 0.330. The van der Waals surface area contributed by atoms with Crippen molar-refractivity contribution in [2.45, 2.75) is 77.7 Å². The summed E-state index contributed by atoms with van der Waals surface area (Å²) in [6, 6.07) is 0. The average Bonchev–Trinajstić information content (AvgIpc) is 3.05. The van der Waals surface area contributed by atoms with Gasteiger partial charge in [0.05, 0.1) is 19.3 Å². The molecule has 0 heterocycles. The van der Waals surface area contributed by atoms with Gasteiger partial charge in [-0.2, -0.15) is 0 Å². The Bertz CT molecular complexity index is 1050. The van der Waals surface area contributed by atoms with E-state index in [-0.39, 0.29) is 37.8 Å². The van der Waals surface area contributed by atoms with E-state index in [0.29, 0.717) is 18.4 Å². The molecule has 0 saturated heterocycles. The van der Waals surface area contributed by atoms with Gasteiger partial charge in [0.15, 0.2) is 17.2 Å². The Kier molecular flexibility index (Phi) is 7.59. The fourth-order valence-corrected chi connectivity index (χ4v) is 9.37. The topological polar surface area (TPSA) is 119 Å². The molecule has 0 aromatic rings. The number of allylic oxidation sites excluding steroid dienone is 4. The summed E-state index contributed by atoms with van der Waals surface area (Å²) >= 11 is 0. The van der Waals surface area contributed by atoms with Gasteiger partial charge in [-0.05, 0) is 57.9 Å². The normalized spacial score (nSPS) is 43.1. The molecule has 0 aromatic carbocycles. The fraction of sp³-hybridized carbons (Fsp3) is 0.778. The molecule has 0 radical (unpaired) electrons. The van der Waals surface area contributed by atoms with Crippen LogP contribution in [0.1, 0.15) is 60.3 Å². The number of rotatable bonds is 9. The second-order valence-electron chi connectivity index (χ2n) is 11.5. The second-order valence-corrected chi connectivity index (χ2v) is 13.5. The third-order valence-electron chi connectivity index (χ3n) is 9.82. The highest BCUT2D eigenvalue weighted by Gasteiger charge is 2.75. The predicted octanol–water partition coefficient (Wildman–Crippen LogP) is 4.14. The van der Waals surface area contributed by atoms with Gasteiger partial charge in [0.25, 0.3) is 0 Å². The molecule has 8 atom stereocenters. The number of ketones is 2. The van der Waals surface area contributed by atoms with Crippen LogP contribution < -0.4 is 0 Å². The minimum absolute atomic E-state index is 0.0415. The number of aliphatic hydroxyl groups excluding tert-OH is 1. The van der Waals surface area contributed by atoms with E-state index in [0.717, 1.165) is 0 Å². The van der Waals surface area contributed by atoms with Crippen molar-refractivity contribution in [3.8, 4) is 0 Å². The summed E-state index contributed by atoms with van der Waals surface area (Å²) in [4.78, 5) is 25.2. The van der Waals surface area contributed by atoms with E-state index in [2.05, 4.69) is 0 Å². The Labute approximate surface area is 218 Å². The minimum atomic E-state index is -3.70. The molecule has 8 nitrogen and oxygen atoms in total. The Morgan fingerprint density at radius 3 is 2.46 bits per heavy atom. The van der Waals surface area contributed by atoms with Crippen molar-refractivity contribution in [1.29, 1.82) is 0 Å². The van der Waals surface area contributed by atoms with E-state index in [1.165, 1.54) is 6.08 Å². The van der Waals surface area contributed by atoms with Crippen LogP contribution >= 0.6 is 7.60 Å². The van der Waals surface area contributed by atoms with Crippen molar-refractivity contribution in [2.24, 2.45) is 28.6 Å². The molecule has 0 aromatic heterocycles. The number of alkyl halides is 1. The van der Waals surface area contributed by atoms with Crippen LogP contribution in [0.3, 0.4) is 0 Å². The lowest BCUT2D eigenvalue weighted by atomic mass is 9.45. The van der Waals surface area contributed by atoms with Gasteiger partial charge in [-0.1, -0.05) is 31.6 Å². The van der Waals surface area contributed by atoms with E-state index in [4.69, 9.17) is 13.8 Å². The van der Waals surface area contributed by atoms with E-state index >= 15 is 4.39 Å². The molecule has 4 aliphatic carbocycles. The van der Waals surface area contributed by atoms with Gasteiger partial charge >= 0.3 is 7.60 Å². The molecule has 0 aliphatic heterocycles. The molecule has 2 fully saturated rings. The summed E-state index contributed by atoms with van der Waals surface area (Å²) in [6.45, 7) is 8.06. The average molecular weight is 543 g/mol. The summed E-state index contributed by atoms with van der Waals surface area (Å²) in [5, 5.41) is 21.6. The van der Waals surface area contributed by atoms with Crippen LogP contribution in [-0.2, 0) is 27.9 Å². The zero-order valence-corrected chi connectivity index (χ0v) is 23.3. The van der Waals surface area contributed by atoms with Gasteiger partial charge < -0.3 is 24.0 Å². The van der Waals surface area contributed by atoms with E-state index < -0.39 is 66.4 Å². The van der Waals surface area contributed by atoms with Crippen molar-refractivity contribution in [3.05, 3.63) is 23.8 Å². The maximum Gasteiger partial charge on any atom is 0.356 e. The summed E-state index contributed by atoms with van der Waals surface area (Å²) in [5.74, 6) is -2.34. The van der Waals surface area contributed by atoms with Gasteiger partial charge in [-0.3, -0.25) is 14.2 Å². The fourth-order valence-electron chi connectivity index (χ4n) is 8.00. The van der Waals surface area contributed by atoms with Gasteiger partial charge in [-0.25, -0.2) is 4.39 Å². The standard InChI is InChI=1S/C27H40FO8P/c1-6-35-37(33,36-7-2)16-34-23-14-25(5)21(12-17(3)27(25,32)22(31)15-29)20-9-8-18-13-19(30)10-11-24(18,4)26(20,23)28/h8,10-11,17,20-21,23,29,32H,6-7,9,12-16H2,1-5H3/t17-,20+,21+,23+,24+,25+,26+,27+/m1/s1. The first-order valence-corrected chi connectivity index (χ1v) is 15.0. The molecule has 10 heteroatoms. The Balaban J connectivity index is 1.84. The highest BCUT2D eigenvalue weighted by Crippen LogP contribution is 2.71. The monoisotopic (exact) mass is 542 g/mol. The van der Waals surface area contributed by atoms with E-state index in [1.54, 1.807) is 40.7 Å². The van der Waals surface area contributed by atoms with Crippen molar-refractivity contribution in [1.82, 2.24) is 0 Å². The largest absolute Gasteiger partial charge is 0.388 e. The molecule has 2 N–H and O–H groups in total. The van der Waals surface area contributed by atoms with Crippen LogP contribution in [0.4, 0.5) is 4.39 Å². The predicted molar refractivity (Wildman–Crippen MR) is 135 cm³/mol. The van der Waals surface area contributed by atoms with Crippen molar-refractivity contribution in [2.75, 3.05) is 26.2 Å². The van der Waals surface area contributed by atoms with Crippen LogP contribution in [0.25, 0.3) is 0 Å². The first-order chi connectivity index (χ1) is 17.3. The maximum absolute atomic E-state index is 18.0. The Hall–Kier alpha value is -1.22. The zero-order chi connectivity index (χ0) is 27.4. The summed E-state index contributed by atoms with van der Waals surface area (Å²) < 4.78 is 48.2.